The average Bonchev–Trinajstić information content (AvgIpc) is 1.60. The van der Waals surface area contributed by atoms with E-state index in [4.69, 9.17) is 4.74 Å². The van der Waals surface area contributed by atoms with Crippen LogP contribution in [0.4, 0.5) is 4.39 Å². The third-order valence-corrected chi connectivity index (χ3v) is 1.15. The van der Waals surface area contributed by atoms with Gasteiger partial charge >= 0.3 is 0 Å². The summed E-state index contributed by atoms with van der Waals surface area (Å²) < 4.78 is 18.2. The van der Waals surface area contributed by atoms with E-state index < -0.39 is 5.85 Å². The van der Waals surface area contributed by atoms with Gasteiger partial charge in [-0.1, -0.05) is 6.92 Å². The van der Waals surface area contributed by atoms with Crippen LogP contribution in [0.25, 0.3) is 0 Å². The van der Waals surface area contributed by atoms with Crippen LogP contribution in [0.15, 0.2) is 0 Å². The Hall–Kier alpha value is -0.110. The molecule has 2 heteroatoms. The molecule has 0 aliphatic carbocycles. The summed E-state index contributed by atoms with van der Waals surface area (Å²) in [5.74, 6) is -1.47. The molecule has 0 N–H and O–H groups in total. The molecular formula is C8H17FO. The third kappa shape index (κ3) is 4.74. The second-order valence-electron chi connectivity index (χ2n) is 3.67. The summed E-state index contributed by atoms with van der Waals surface area (Å²) in [6.45, 7) is 8.77. The maximum atomic E-state index is 13.1. The molecule has 0 aliphatic rings. The van der Waals surface area contributed by atoms with Crippen molar-refractivity contribution < 1.29 is 9.13 Å². The summed E-state index contributed by atoms with van der Waals surface area (Å²) in [4.78, 5) is 0. The number of rotatable bonds is 2. The van der Waals surface area contributed by atoms with E-state index >= 15 is 0 Å². The minimum Gasteiger partial charge on any atom is -0.340 e. The molecule has 0 radical (unpaired) electrons. The maximum Gasteiger partial charge on any atom is 0.206 e. The van der Waals surface area contributed by atoms with E-state index in [2.05, 4.69) is 0 Å². The van der Waals surface area contributed by atoms with Gasteiger partial charge in [0.05, 0.1) is 5.60 Å². The van der Waals surface area contributed by atoms with Crippen LogP contribution in [-0.2, 0) is 4.74 Å². The van der Waals surface area contributed by atoms with E-state index in [1.807, 2.05) is 20.8 Å². The van der Waals surface area contributed by atoms with Gasteiger partial charge < -0.3 is 4.74 Å². The number of hydrogen-bond acceptors (Lipinski definition) is 1. The number of alkyl halides is 1. The number of halogens is 1. The van der Waals surface area contributed by atoms with Gasteiger partial charge in [0.2, 0.25) is 5.85 Å². The molecule has 0 saturated heterocycles. The summed E-state index contributed by atoms with van der Waals surface area (Å²) in [5, 5.41) is 0. The van der Waals surface area contributed by atoms with Gasteiger partial charge in [-0.3, -0.25) is 0 Å². The van der Waals surface area contributed by atoms with Crippen LogP contribution in [0.2, 0.25) is 0 Å². The fraction of sp³-hybridized carbons (Fsp3) is 1.00. The molecule has 0 fully saturated rings. The number of hydrogen-bond donors (Lipinski definition) is 0. The molecule has 0 aliphatic heterocycles. The first-order valence-electron chi connectivity index (χ1n) is 3.66. The molecule has 62 valence electrons. The van der Waals surface area contributed by atoms with Crippen LogP contribution in [-0.4, -0.2) is 11.5 Å². The Balaban J connectivity index is 3.89. The maximum absolute atomic E-state index is 13.1. The van der Waals surface area contributed by atoms with Crippen molar-refractivity contribution in [3.05, 3.63) is 0 Å². The van der Waals surface area contributed by atoms with Gasteiger partial charge in [0, 0.05) is 6.42 Å². The molecule has 0 rings (SSSR count). The normalized spacial score (nSPS) is 18.6. The fourth-order valence-corrected chi connectivity index (χ4v) is 0.711. The van der Waals surface area contributed by atoms with Crippen molar-refractivity contribution in [2.24, 2.45) is 0 Å². The lowest BCUT2D eigenvalue weighted by atomic mass is 10.1. The Bertz CT molecular complexity index is 102. The molecule has 1 nitrogen and oxygen atoms in total. The first-order valence-corrected chi connectivity index (χ1v) is 3.66. The minimum atomic E-state index is -1.47. The molecule has 0 spiro atoms. The lowest BCUT2D eigenvalue weighted by Crippen LogP contribution is -2.32. The van der Waals surface area contributed by atoms with Crippen molar-refractivity contribution in [1.82, 2.24) is 0 Å². The number of ether oxygens (including phenoxy) is 1. The molecule has 0 saturated carbocycles. The van der Waals surface area contributed by atoms with Crippen LogP contribution < -0.4 is 0 Å². The highest BCUT2D eigenvalue weighted by atomic mass is 19.2. The second-order valence-corrected chi connectivity index (χ2v) is 3.67. The van der Waals surface area contributed by atoms with Crippen molar-refractivity contribution in [3.8, 4) is 0 Å². The van der Waals surface area contributed by atoms with E-state index in [1.165, 1.54) is 6.92 Å². The largest absolute Gasteiger partial charge is 0.340 e. The van der Waals surface area contributed by atoms with Crippen molar-refractivity contribution in [3.63, 3.8) is 0 Å². The van der Waals surface area contributed by atoms with Crippen molar-refractivity contribution >= 4 is 0 Å². The van der Waals surface area contributed by atoms with Gasteiger partial charge in [-0.05, 0) is 27.7 Å². The van der Waals surface area contributed by atoms with Gasteiger partial charge in [0.25, 0.3) is 0 Å². The summed E-state index contributed by atoms with van der Waals surface area (Å²) in [7, 11) is 0. The standard InChI is InChI=1S/C8H17FO/c1-6-8(5,9)10-7(2,3)4/h6H2,1-5H3. The fourth-order valence-electron chi connectivity index (χ4n) is 0.711. The Kier molecular flexibility index (Phi) is 2.84. The van der Waals surface area contributed by atoms with Crippen molar-refractivity contribution in [2.75, 3.05) is 0 Å². The Morgan fingerprint density at radius 3 is 1.70 bits per heavy atom. The first-order chi connectivity index (χ1) is 4.27. The summed E-state index contributed by atoms with van der Waals surface area (Å²) in [5.41, 5.74) is -0.389. The first kappa shape index (κ1) is 9.89. The third-order valence-electron chi connectivity index (χ3n) is 1.15. The zero-order valence-electron chi connectivity index (χ0n) is 7.49. The molecule has 0 amide bonds. The van der Waals surface area contributed by atoms with Crippen LogP contribution in [0.5, 0.6) is 0 Å². The van der Waals surface area contributed by atoms with Crippen molar-refractivity contribution in [2.45, 2.75) is 52.5 Å². The summed E-state index contributed by atoms with van der Waals surface area (Å²) in [6.07, 6.45) is 0.393. The Morgan fingerprint density at radius 1 is 1.20 bits per heavy atom. The van der Waals surface area contributed by atoms with Gasteiger partial charge in [-0.2, -0.15) is 0 Å². The Labute approximate surface area is 62.6 Å². The van der Waals surface area contributed by atoms with Gasteiger partial charge in [-0.25, -0.2) is 4.39 Å². The van der Waals surface area contributed by atoms with Gasteiger partial charge in [0.15, 0.2) is 0 Å². The van der Waals surface area contributed by atoms with Crippen LogP contribution in [0, 0.1) is 0 Å². The van der Waals surface area contributed by atoms with E-state index in [0.717, 1.165) is 0 Å². The molecule has 1 unspecified atom stereocenters. The van der Waals surface area contributed by atoms with E-state index in [1.54, 1.807) is 6.92 Å². The summed E-state index contributed by atoms with van der Waals surface area (Å²) in [6, 6.07) is 0. The monoisotopic (exact) mass is 148 g/mol. The molecule has 10 heavy (non-hydrogen) atoms. The topological polar surface area (TPSA) is 9.23 Å². The van der Waals surface area contributed by atoms with Crippen LogP contribution in [0.3, 0.4) is 0 Å². The van der Waals surface area contributed by atoms with E-state index in [0.29, 0.717) is 6.42 Å². The highest BCUT2D eigenvalue weighted by Gasteiger charge is 2.27. The van der Waals surface area contributed by atoms with E-state index in [-0.39, 0.29) is 5.60 Å². The highest BCUT2D eigenvalue weighted by Crippen LogP contribution is 2.23. The lowest BCUT2D eigenvalue weighted by Gasteiger charge is -2.29. The minimum absolute atomic E-state index is 0.389. The molecular weight excluding hydrogens is 131 g/mol. The quantitative estimate of drug-likeness (QED) is 0.585. The smallest absolute Gasteiger partial charge is 0.206 e. The zero-order valence-corrected chi connectivity index (χ0v) is 7.49. The zero-order chi connectivity index (χ0) is 8.41. The second kappa shape index (κ2) is 2.87. The van der Waals surface area contributed by atoms with Gasteiger partial charge in [0.1, 0.15) is 0 Å². The predicted molar refractivity (Wildman–Crippen MR) is 40.6 cm³/mol. The molecule has 0 aromatic heterocycles. The van der Waals surface area contributed by atoms with Crippen LogP contribution in [0.1, 0.15) is 41.0 Å². The predicted octanol–water partition coefficient (Wildman–Crippen LogP) is 2.90. The molecule has 0 aromatic carbocycles. The molecule has 0 bridgehead atoms. The van der Waals surface area contributed by atoms with Gasteiger partial charge in [-0.15, -0.1) is 0 Å². The average molecular weight is 148 g/mol. The highest BCUT2D eigenvalue weighted by molar-refractivity contribution is 4.66. The summed E-state index contributed by atoms with van der Waals surface area (Å²) >= 11 is 0. The molecule has 1 atom stereocenters. The SMILES string of the molecule is CCC(C)(F)OC(C)(C)C. The Morgan fingerprint density at radius 2 is 1.60 bits per heavy atom. The molecule has 0 heterocycles. The van der Waals surface area contributed by atoms with Crippen molar-refractivity contribution in [1.29, 1.82) is 0 Å². The van der Waals surface area contributed by atoms with Crippen LogP contribution >= 0.6 is 0 Å². The lowest BCUT2D eigenvalue weighted by molar-refractivity contribution is -0.196. The van der Waals surface area contributed by atoms with E-state index in [9.17, 15) is 4.39 Å². The molecule has 0 aromatic rings.